The summed E-state index contributed by atoms with van der Waals surface area (Å²) in [4.78, 5) is 0. The number of aryl methyl sites for hydroxylation is 1. The van der Waals surface area contributed by atoms with Crippen LogP contribution in [0.5, 0.6) is 0 Å². The molecule has 1 unspecified atom stereocenters. The van der Waals surface area contributed by atoms with Crippen molar-refractivity contribution in [3.63, 3.8) is 0 Å². The number of benzene rings is 2. The van der Waals surface area contributed by atoms with Crippen LogP contribution in [0, 0.1) is 0 Å². The first-order valence-electron chi connectivity index (χ1n) is 7.07. The first kappa shape index (κ1) is 14.1. The molecule has 0 saturated carbocycles. The van der Waals surface area contributed by atoms with Crippen LogP contribution in [0.2, 0.25) is 5.02 Å². The van der Waals surface area contributed by atoms with Crippen LogP contribution in [-0.2, 0) is 13.0 Å². The number of hydrogen-bond acceptors (Lipinski definition) is 2. The summed E-state index contributed by atoms with van der Waals surface area (Å²) in [6.07, 6.45) is -0.0827. The van der Waals surface area contributed by atoms with E-state index < -0.39 is 6.10 Å². The Labute approximate surface area is 128 Å². The van der Waals surface area contributed by atoms with Gasteiger partial charge >= 0.3 is 0 Å². The highest BCUT2D eigenvalue weighted by molar-refractivity contribution is 6.30. The topological polar surface area (TPSA) is 38.0 Å². The largest absolute Gasteiger partial charge is 0.388 e. The number of nitrogens with zero attached hydrogens (tertiary/aromatic N) is 2. The minimum absolute atomic E-state index is 0.495. The standard InChI is InChI=1S/C17H17ClN2O/c1-2-20-16-6-4-3-5-14(16)15(19-20)11-17(21)12-7-9-13(18)10-8-12/h3-10,17,21H,2,11H2,1H3. The van der Waals surface area contributed by atoms with Crippen LogP contribution in [0.25, 0.3) is 10.9 Å². The number of para-hydroxylation sites is 1. The van der Waals surface area contributed by atoms with Gasteiger partial charge in [0.2, 0.25) is 0 Å². The molecule has 1 heterocycles. The Morgan fingerprint density at radius 1 is 1.14 bits per heavy atom. The smallest absolute Gasteiger partial charge is 0.0846 e. The summed E-state index contributed by atoms with van der Waals surface area (Å²) in [5.41, 5.74) is 2.89. The molecule has 3 aromatic rings. The molecule has 0 amide bonds. The zero-order valence-corrected chi connectivity index (χ0v) is 12.6. The molecule has 0 bridgehead atoms. The van der Waals surface area contributed by atoms with Gasteiger partial charge in [-0.2, -0.15) is 5.10 Å². The Morgan fingerprint density at radius 3 is 2.57 bits per heavy atom. The zero-order chi connectivity index (χ0) is 14.8. The molecule has 0 aliphatic carbocycles. The molecule has 1 aromatic heterocycles. The first-order chi connectivity index (χ1) is 10.2. The zero-order valence-electron chi connectivity index (χ0n) is 11.8. The van der Waals surface area contributed by atoms with E-state index in [2.05, 4.69) is 24.2 Å². The van der Waals surface area contributed by atoms with Gasteiger partial charge in [-0.1, -0.05) is 41.9 Å². The highest BCUT2D eigenvalue weighted by Gasteiger charge is 2.15. The maximum absolute atomic E-state index is 10.4. The van der Waals surface area contributed by atoms with Crippen molar-refractivity contribution in [2.45, 2.75) is 26.0 Å². The second-order valence-electron chi connectivity index (χ2n) is 5.05. The lowest BCUT2D eigenvalue weighted by molar-refractivity contribution is 0.177. The molecule has 4 heteroatoms. The molecule has 0 fully saturated rings. The SMILES string of the molecule is CCn1nc(CC(O)c2ccc(Cl)cc2)c2ccccc21. The Balaban J connectivity index is 1.92. The molecule has 0 radical (unpaired) electrons. The fourth-order valence-corrected chi connectivity index (χ4v) is 2.70. The number of halogens is 1. The van der Waals surface area contributed by atoms with E-state index in [4.69, 9.17) is 11.6 Å². The number of hydrogen-bond donors (Lipinski definition) is 1. The van der Waals surface area contributed by atoms with Gasteiger partial charge in [0.25, 0.3) is 0 Å². The summed E-state index contributed by atoms with van der Waals surface area (Å²) >= 11 is 5.88. The minimum atomic E-state index is -0.578. The molecular formula is C17H17ClN2O. The summed E-state index contributed by atoms with van der Waals surface area (Å²) < 4.78 is 1.97. The molecule has 1 atom stereocenters. The van der Waals surface area contributed by atoms with Crippen LogP contribution >= 0.6 is 11.6 Å². The van der Waals surface area contributed by atoms with E-state index in [0.717, 1.165) is 28.7 Å². The van der Waals surface area contributed by atoms with E-state index in [-0.39, 0.29) is 0 Å². The van der Waals surface area contributed by atoms with Crippen molar-refractivity contribution in [3.05, 3.63) is 64.8 Å². The van der Waals surface area contributed by atoms with Crippen molar-refractivity contribution in [3.8, 4) is 0 Å². The fourth-order valence-electron chi connectivity index (χ4n) is 2.57. The van der Waals surface area contributed by atoms with E-state index in [1.807, 2.05) is 28.9 Å². The van der Waals surface area contributed by atoms with Gasteiger partial charge in [0, 0.05) is 23.4 Å². The van der Waals surface area contributed by atoms with Crippen LogP contribution < -0.4 is 0 Å². The van der Waals surface area contributed by atoms with E-state index in [9.17, 15) is 5.11 Å². The maximum atomic E-state index is 10.4. The Hall–Kier alpha value is -1.84. The highest BCUT2D eigenvalue weighted by Crippen LogP contribution is 2.25. The van der Waals surface area contributed by atoms with Crippen molar-refractivity contribution >= 4 is 22.5 Å². The van der Waals surface area contributed by atoms with Gasteiger partial charge in [-0.25, -0.2) is 0 Å². The summed E-state index contributed by atoms with van der Waals surface area (Å²) in [5, 5.41) is 16.8. The van der Waals surface area contributed by atoms with E-state index in [0.29, 0.717) is 11.4 Å². The Bertz CT molecular complexity index is 749. The summed E-state index contributed by atoms with van der Waals surface area (Å²) in [6, 6.07) is 15.4. The van der Waals surface area contributed by atoms with Crippen LogP contribution in [0.1, 0.15) is 24.3 Å². The molecule has 0 saturated heterocycles. The molecular weight excluding hydrogens is 284 g/mol. The van der Waals surface area contributed by atoms with Crippen molar-refractivity contribution in [1.82, 2.24) is 9.78 Å². The minimum Gasteiger partial charge on any atom is -0.388 e. The van der Waals surface area contributed by atoms with Crippen molar-refractivity contribution in [2.75, 3.05) is 0 Å². The lowest BCUT2D eigenvalue weighted by atomic mass is 10.0. The molecule has 1 N–H and O–H groups in total. The van der Waals surface area contributed by atoms with E-state index >= 15 is 0 Å². The maximum Gasteiger partial charge on any atom is 0.0846 e. The number of aliphatic hydroxyl groups is 1. The van der Waals surface area contributed by atoms with Gasteiger partial charge in [0.05, 0.1) is 17.3 Å². The Kier molecular flexibility index (Phi) is 3.95. The molecule has 0 spiro atoms. The van der Waals surface area contributed by atoms with Crippen LogP contribution in [-0.4, -0.2) is 14.9 Å². The van der Waals surface area contributed by atoms with E-state index in [1.165, 1.54) is 0 Å². The molecule has 108 valence electrons. The van der Waals surface area contributed by atoms with Gasteiger partial charge in [-0.3, -0.25) is 4.68 Å². The lowest BCUT2D eigenvalue weighted by Gasteiger charge is -2.09. The molecule has 3 rings (SSSR count). The van der Waals surface area contributed by atoms with Gasteiger partial charge in [0.15, 0.2) is 0 Å². The second kappa shape index (κ2) is 5.88. The average Bonchev–Trinajstić information content (AvgIpc) is 2.86. The monoisotopic (exact) mass is 300 g/mol. The van der Waals surface area contributed by atoms with Crippen molar-refractivity contribution in [2.24, 2.45) is 0 Å². The summed E-state index contributed by atoms with van der Waals surface area (Å²) in [5.74, 6) is 0. The van der Waals surface area contributed by atoms with Gasteiger partial charge in [-0.05, 0) is 30.7 Å². The fraction of sp³-hybridized carbons (Fsp3) is 0.235. The Morgan fingerprint density at radius 2 is 1.86 bits per heavy atom. The highest BCUT2D eigenvalue weighted by atomic mass is 35.5. The van der Waals surface area contributed by atoms with Gasteiger partial charge < -0.3 is 5.11 Å². The van der Waals surface area contributed by atoms with Crippen LogP contribution in [0.3, 0.4) is 0 Å². The molecule has 3 nitrogen and oxygen atoms in total. The molecule has 0 aliphatic rings. The molecule has 21 heavy (non-hydrogen) atoms. The average molecular weight is 301 g/mol. The third-order valence-corrected chi connectivity index (χ3v) is 3.93. The first-order valence-corrected chi connectivity index (χ1v) is 7.44. The van der Waals surface area contributed by atoms with Gasteiger partial charge in [-0.15, -0.1) is 0 Å². The summed E-state index contributed by atoms with van der Waals surface area (Å²) in [6.45, 7) is 2.89. The number of fused-ring (bicyclic) bond motifs is 1. The number of rotatable bonds is 4. The third-order valence-electron chi connectivity index (χ3n) is 3.68. The second-order valence-corrected chi connectivity index (χ2v) is 5.49. The van der Waals surface area contributed by atoms with Crippen LogP contribution in [0.4, 0.5) is 0 Å². The third kappa shape index (κ3) is 2.80. The van der Waals surface area contributed by atoms with E-state index in [1.54, 1.807) is 12.1 Å². The van der Waals surface area contributed by atoms with Gasteiger partial charge in [0.1, 0.15) is 0 Å². The summed E-state index contributed by atoms with van der Waals surface area (Å²) in [7, 11) is 0. The predicted molar refractivity (Wildman–Crippen MR) is 85.5 cm³/mol. The quantitative estimate of drug-likeness (QED) is 0.791. The molecule has 2 aromatic carbocycles. The lowest BCUT2D eigenvalue weighted by Crippen LogP contribution is -2.03. The van der Waals surface area contributed by atoms with Crippen molar-refractivity contribution in [1.29, 1.82) is 0 Å². The number of aliphatic hydroxyl groups excluding tert-OH is 1. The predicted octanol–water partition coefficient (Wildman–Crippen LogP) is 3.99. The number of aromatic nitrogens is 2. The van der Waals surface area contributed by atoms with Crippen molar-refractivity contribution < 1.29 is 5.11 Å². The molecule has 0 aliphatic heterocycles. The van der Waals surface area contributed by atoms with Crippen LogP contribution in [0.15, 0.2) is 48.5 Å². The normalized spacial score (nSPS) is 12.7.